The molecular formula is C12H13ClN2S. The molecule has 0 saturated carbocycles. The van der Waals surface area contributed by atoms with Crippen LogP contribution in [-0.2, 0) is 6.54 Å². The minimum Gasteiger partial charge on any atom is -0.399 e. The first-order valence-corrected chi connectivity index (χ1v) is 6.19. The summed E-state index contributed by atoms with van der Waals surface area (Å²) in [5.74, 6) is 0. The highest BCUT2D eigenvalue weighted by Crippen LogP contribution is 2.23. The maximum atomic E-state index is 5.87. The van der Waals surface area contributed by atoms with Crippen LogP contribution < -0.4 is 11.1 Å². The Hall–Kier alpha value is -1.19. The van der Waals surface area contributed by atoms with Gasteiger partial charge < -0.3 is 11.1 Å². The van der Waals surface area contributed by atoms with Crippen molar-refractivity contribution in [1.29, 1.82) is 0 Å². The summed E-state index contributed by atoms with van der Waals surface area (Å²) in [4.78, 5) is 1.22. The summed E-state index contributed by atoms with van der Waals surface area (Å²) in [6.45, 7) is 2.84. The molecule has 0 spiro atoms. The molecule has 0 radical (unpaired) electrons. The average Bonchev–Trinajstić information content (AvgIpc) is 2.63. The number of hydrogen-bond acceptors (Lipinski definition) is 3. The molecule has 0 aliphatic carbocycles. The van der Waals surface area contributed by atoms with E-state index in [-0.39, 0.29) is 0 Å². The Morgan fingerprint density at radius 3 is 2.75 bits per heavy atom. The first-order valence-electron chi connectivity index (χ1n) is 4.99. The Morgan fingerprint density at radius 1 is 1.31 bits per heavy atom. The zero-order chi connectivity index (χ0) is 11.5. The number of thiophene rings is 1. The fourth-order valence-electron chi connectivity index (χ4n) is 1.51. The van der Waals surface area contributed by atoms with E-state index < -0.39 is 0 Å². The van der Waals surface area contributed by atoms with Crippen LogP contribution in [0.1, 0.15) is 10.4 Å². The molecule has 0 aliphatic rings. The molecule has 16 heavy (non-hydrogen) atoms. The van der Waals surface area contributed by atoms with Gasteiger partial charge in [0.15, 0.2) is 0 Å². The minimum atomic E-state index is 0.794. The van der Waals surface area contributed by atoms with Crippen molar-refractivity contribution < 1.29 is 0 Å². The van der Waals surface area contributed by atoms with Crippen LogP contribution >= 0.6 is 22.9 Å². The molecule has 1 aromatic carbocycles. The lowest BCUT2D eigenvalue weighted by atomic mass is 10.2. The quantitative estimate of drug-likeness (QED) is 0.813. The largest absolute Gasteiger partial charge is 0.399 e. The molecule has 0 saturated heterocycles. The summed E-state index contributed by atoms with van der Waals surface area (Å²) in [7, 11) is 0. The van der Waals surface area contributed by atoms with Gasteiger partial charge in [-0.3, -0.25) is 0 Å². The van der Waals surface area contributed by atoms with Crippen LogP contribution in [0.15, 0.2) is 30.3 Å². The topological polar surface area (TPSA) is 38.0 Å². The molecule has 1 heterocycles. The van der Waals surface area contributed by atoms with Gasteiger partial charge in [0.05, 0.1) is 4.34 Å². The Bertz CT molecular complexity index is 494. The molecular weight excluding hydrogens is 240 g/mol. The number of halogens is 1. The highest BCUT2D eigenvalue weighted by Gasteiger charge is 2.00. The molecule has 0 bridgehead atoms. The summed E-state index contributed by atoms with van der Waals surface area (Å²) in [6.07, 6.45) is 0. The summed E-state index contributed by atoms with van der Waals surface area (Å²) in [5.41, 5.74) is 8.75. The Labute approximate surface area is 104 Å². The van der Waals surface area contributed by atoms with E-state index in [0.717, 1.165) is 27.8 Å². The highest BCUT2D eigenvalue weighted by atomic mass is 35.5. The summed E-state index contributed by atoms with van der Waals surface area (Å²) in [5, 5.41) is 3.37. The highest BCUT2D eigenvalue weighted by molar-refractivity contribution is 7.16. The van der Waals surface area contributed by atoms with Crippen molar-refractivity contribution in [2.24, 2.45) is 0 Å². The number of nitrogen functional groups attached to an aromatic ring is 1. The van der Waals surface area contributed by atoms with Crippen molar-refractivity contribution in [3.63, 3.8) is 0 Å². The van der Waals surface area contributed by atoms with E-state index in [4.69, 9.17) is 17.3 Å². The minimum absolute atomic E-state index is 0.794. The molecule has 3 N–H and O–H groups in total. The van der Waals surface area contributed by atoms with E-state index in [0.29, 0.717) is 0 Å². The second kappa shape index (κ2) is 4.76. The van der Waals surface area contributed by atoms with Gasteiger partial charge in [-0.2, -0.15) is 0 Å². The van der Waals surface area contributed by atoms with E-state index >= 15 is 0 Å². The van der Waals surface area contributed by atoms with Crippen molar-refractivity contribution in [1.82, 2.24) is 0 Å². The molecule has 0 fully saturated rings. The Morgan fingerprint density at radius 2 is 2.12 bits per heavy atom. The predicted octanol–water partition coefficient (Wildman–Crippen LogP) is 3.90. The standard InChI is InChI=1S/C12H13ClN2S/c1-8-6-9(14)2-4-11(8)15-7-10-3-5-12(13)16-10/h2-6,15H,7,14H2,1H3. The molecule has 0 atom stereocenters. The van der Waals surface area contributed by atoms with E-state index in [2.05, 4.69) is 5.32 Å². The summed E-state index contributed by atoms with van der Waals surface area (Å²) in [6, 6.07) is 9.81. The van der Waals surface area contributed by atoms with Gasteiger partial charge in [0.1, 0.15) is 0 Å². The second-order valence-electron chi connectivity index (χ2n) is 3.63. The molecule has 0 aliphatic heterocycles. The lowest BCUT2D eigenvalue weighted by Gasteiger charge is -2.08. The predicted molar refractivity (Wildman–Crippen MR) is 72.2 cm³/mol. The molecule has 1 aromatic heterocycles. The van der Waals surface area contributed by atoms with Crippen molar-refractivity contribution >= 4 is 34.3 Å². The van der Waals surface area contributed by atoms with Gasteiger partial charge in [-0.25, -0.2) is 0 Å². The van der Waals surface area contributed by atoms with Gasteiger partial charge in [-0.05, 0) is 42.8 Å². The number of benzene rings is 1. The molecule has 0 amide bonds. The number of anilines is 2. The van der Waals surface area contributed by atoms with Crippen LogP contribution in [0.3, 0.4) is 0 Å². The third kappa shape index (κ3) is 2.68. The van der Waals surface area contributed by atoms with Crippen LogP contribution in [0.4, 0.5) is 11.4 Å². The maximum Gasteiger partial charge on any atom is 0.0931 e. The molecule has 2 aromatic rings. The van der Waals surface area contributed by atoms with Crippen LogP contribution in [0.5, 0.6) is 0 Å². The fraction of sp³-hybridized carbons (Fsp3) is 0.167. The van der Waals surface area contributed by atoms with Gasteiger partial charge in [0.25, 0.3) is 0 Å². The molecule has 2 rings (SSSR count). The van der Waals surface area contributed by atoms with E-state index in [1.165, 1.54) is 4.88 Å². The smallest absolute Gasteiger partial charge is 0.0931 e. The number of nitrogens with two attached hydrogens (primary N) is 1. The number of aryl methyl sites for hydroxylation is 1. The maximum absolute atomic E-state index is 5.87. The zero-order valence-electron chi connectivity index (χ0n) is 8.96. The first-order chi connectivity index (χ1) is 7.65. The molecule has 4 heteroatoms. The molecule has 0 unspecified atom stereocenters. The SMILES string of the molecule is Cc1cc(N)ccc1NCc1ccc(Cl)s1. The van der Waals surface area contributed by atoms with Crippen molar-refractivity contribution in [3.05, 3.63) is 45.1 Å². The van der Waals surface area contributed by atoms with Crippen LogP contribution in [-0.4, -0.2) is 0 Å². The Kier molecular flexibility index (Phi) is 3.36. The molecule has 2 nitrogen and oxygen atoms in total. The van der Waals surface area contributed by atoms with Crippen molar-refractivity contribution in [3.8, 4) is 0 Å². The van der Waals surface area contributed by atoms with Crippen LogP contribution in [0.25, 0.3) is 0 Å². The summed E-state index contributed by atoms with van der Waals surface area (Å²) >= 11 is 7.46. The monoisotopic (exact) mass is 252 g/mol. The van der Waals surface area contributed by atoms with E-state index in [1.54, 1.807) is 11.3 Å². The van der Waals surface area contributed by atoms with Gasteiger partial charge >= 0.3 is 0 Å². The summed E-state index contributed by atoms with van der Waals surface area (Å²) < 4.78 is 0.825. The third-order valence-electron chi connectivity index (χ3n) is 2.33. The van der Waals surface area contributed by atoms with E-state index in [1.807, 2.05) is 37.3 Å². The number of hydrogen-bond donors (Lipinski definition) is 2. The lowest BCUT2D eigenvalue weighted by Crippen LogP contribution is -1.99. The van der Waals surface area contributed by atoms with Crippen molar-refractivity contribution in [2.45, 2.75) is 13.5 Å². The average molecular weight is 253 g/mol. The zero-order valence-corrected chi connectivity index (χ0v) is 10.5. The van der Waals surface area contributed by atoms with Gasteiger partial charge in [-0.1, -0.05) is 11.6 Å². The van der Waals surface area contributed by atoms with Gasteiger partial charge in [0.2, 0.25) is 0 Å². The lowest BCUT2D eigenvalue weighted by molar-refractivity contribution is 1.18. The first kappa shape index (κ1) is 11.3. The Balaban J connectivity index is 2.04. The fourth-order valence-corrected chi connectivity index (χ4v) is 2.54. The van der Waals surface area contributed by atoms with E-state index in [9.17, 15) is 0 Å². The van der Waals surface area contributed by atoms with Crippen LogP contribution in [0, 0.1) is 6.92 Å². The normalized spacial score (nSPS) is 10.4. The van der Waals surface area contributed by atoms with Crippen molar-refractivity contribution in [2.75, 3.05) is 11.1 Å². The third-order valence-corrected chi connectivity index (χ3v) is 3.56. The van der Waals surface area contributed by atoms with Gasteiger partial charge in [0, 0.05) is 22.8 Å². The number of nitrogens with one attached hydrogen (secondary N) is 1. The van der Waals surface area contributed by atoms with Gasteiger partial charge in [-0.15, -0.1) is 11.3 Å². The molecule has 84 valence electrons. The number of rotatable bonds is 3. The second-order valence-corrected chi connectivity index (χ2v) is 5.43. The van der Waals surface area contributed by atoms with Crippen LogP contribution in [0.2, 0.25) is 4.34 Å².